The standard InChI is InChI=1S/C15H20O2S/c1-2-17-15-10-6-5-9-13(15)14(16)11-18-12-7-3-4-8-12/h5-6,9-10,12H,2-4,7-8,11H2,1H3. The van der Waals surface area contributed by atoms with Gasteiger partial charge in [0.05, 0.1) is 17.9 Å². The Balaban J connectivity index is 1.94. The van der Waals surface area contributed by atoms with E-state index in [0.717, 1.165) is 11.3 Å². The van der Waals surface area contributed by atoms with Gasteiger partial charge >= 0.3 is 0 Å². The van der Waals surface area contributed by atoms with Crippen LogP contribution < -0.4 is 4.74 Å². The highest BCUT2D eigenvalue weighted by Gasteiger charge is 2.18. The molecule has 0 heterocycles. The maximum absolute atomic E-state index is 12.2. The first-order valence-corrected chi connectivity index (χ1v) is 7.72. The van der Waals surface area contributed by atoms with E-state index in [1.807, 2.05) is 43.0 Å². The molecular weight excluding hydrogens is 244 g/mol. The van der Waals surface area contributed by atoms with Crippen molar-refractivity contribution >= 4 is 17.5 Å². The topological polar surface area (TPSA) is 26.3 Å². The third-order valence-corrected chi connectivity index (χ3v) is 4.61. The fourth-order valence-electron chi connectivity index (χ4n) is 2.30. The van der Waals surface area contributed by atoms with Gasteiger partial charge in [0, 0.05) is 5.25 Å². The summed E-state index contributed by atoms with van der Waals surface area (Å²) in [6, 6.07) is 7.54. The molecule has 2 rings (SSSR count). The summed E-state index contributed by atoms with van der Waals surface area (Å²) in [5.74, 6) is 1.49. The van der Waals surface area contributed by atoms with Crippen LogP contribution in [0.4, 0.5) is 0 Å². The summed E-state index contributed by atoms with van der Waals surface area (Å²) < 4.78 is 5.50. The molecule has 0 N–H and O–H groups in total. The van der Waals surface area contributed by atoms with E-state index < -0.39 is 0 Å². The van der Waals surface area contributed by atoms with E-state index in [2.05, 4.69) is 0 Å². The Morgan fingerprint density at radius 1 is 1.33 bits per heavy atom. The summed E-state index contributed by atoms with van der Waals surface area (Å²) in [5, 5.41) is 0.688. The third kappa shape index (κ3) is 3.52. The molecule has 1 fully saturated rings. The lowest BCUT2D eigenvalue weighted by atomic mass is 10.1. The van der Waals surface area contributed by atoms with Crippen molar-refractivity contribution in [1.82, 2.24) is 0 Å². The largest absolute Gasteiger partial charge is 0.493 e. The number of carbonyl (C=O) groups excluding carboxylic acids is 1. The molecule has 2 nitrogen and oxygen atoms in total. The molecule has 0 amide bonds. The van der Waals surface area contributed by atoms with Gasteiger partial charge in [0.1, 0.15) is 5.75 Å². The van der Waals surface area contributed by atoms with Crippen molar-refractivity contribution in [2.45, 2.75) is 37.9 Å². The zero-order valence-corrected chi connectivity index (χ0v) is 11.7. The first-order chi connectivity index (χ1) is 8.81. The van der Waals surface area contributed by atoms with Crippen molar-refractivity contribution in [3.63, 3.8) is 0 Å². The molecule has 0 spiro atoms. The van der Waals surface area contributed by atoms with E-state index >= 15 is 0 Å². The maximum Gasteiger partial charge on any atom is 0.176 e. The molecule has 3 heteroatoms. The average molecular weight is 264 g/mol. The lowest BCUT2D eigenvalue weighted by Crippen LogP contribution is -2.08. The number of ether oxygens (including phenoxy) is 1. The van der Waals surface area contributed by atoms with Crippen LogP contribution in [0.5, 0.6) is 5.75 Å². The summed E-state index contributed by atoms with van der Waals surface area (Å²) >= 11 is 1.81. The van der Waals surface area contributed by atoms with Crippen LogP contribution in [0.15, 0.2) is 24.3 Å². The van der Waals surface area contributed by atoms with E-state index in [1.54, 1.807) is 0 Å². The number of hydrogen-bond donors (Lipinski definition) is 0. The monoisotopic (exact) mass is 264 g/mol. The summed E-state index contributed by atoms with van der Waals surface area (Å²) in [6.07, 6.45) is 5.18. The molecule has 1 aromatic rings. The second kappa shape index (κ2) is 6.83. The minimum Gasteiger partial charge on any atom is -0.493 e. The smallest absolute Gasteiger partial charge is 0.176 e. The number of para-hydroxylation sites is 1. The van der Waals surface area contributed by atoms with Gasteiger partial charge in [-0.25, -0.2) is 0 Å². The molecule has 0 unspecified atom stereocenters. The Morgan fingerprint density at radius 2 is 2.06 bits per heavy atom. The van der Waals surface area contributed by atoms with Crippen molar-refractivity contribution < 1.29 is 9.53 Å². The minimum absolute atomic E-state index is 0.191. The SMILES string of the molecule is CCOc1ccccc1C(=O)CSC1CCCC1. The van der Waals surface area contributed by atoms with Crippen LogP contribution in [0.1, 0.15) is 43.0 Å². The molecule has 1 aromatic carbocycles. The Labute approximate surface area is 113 Å². The van der Waals surface area contributed by atoms with Gasteiger partial charge in [-0.3, -0.25) is 4.79 Å². The van der Waals surface area contributed by atoms with Crippen LogP contribution in [-0.4, -0.2) is 23.4 Å². The van der Waals surface area contributed by atoms with Gasteiger partial charge < -0.3 is 4.74 Å². The number of Topliss-reactive ketones (excluding diaryl/α,β-unsaturated/α-hetero) is 1. The summed E-state index contributed by atoms with van der Waals surface area (Å²) in [5.41, 5.74) is 0.727. The zero-order chi connectivity index (χ0) is 12.8. The van der Waals surface area contributed by atoms with Crippen LogP contribution in [0.2, 0.25) is 0 Å². The Kier molecular flexibility index (Phi) is 5.12. The van der Waals surface area contributed by atoms with Gasteiger partial charge in [-0.2, -0.15) is 11.8 Å². The molecule has 0 aliphatic heterocycles. The van der Waals surface area contributed by atoms with Crippen LogP contribution >= 0.6 is 11.8 Å². The average Bonchev–Trinajstić information content (AvgIpc) is 2.90. The van der Waals surface area contributed by atoms with Gasteiger partial charge in [0.2, 0.25) is 0 Å². The molecule has 98 valence electrons. The summed E-state index contributed by atoms with van der Waals surface area (Å²) in [7, 11) is 0. The van der Waals surface area contributed by atoms with Crippen molar-refractivity contribution in [2.24, 2.45) is 0 Å². The first-order valence-electron chi connectivity index (χ1n) is 6.68. The third-order valence-electron chi connectivity index (χ3n) is 3.24. The summed E-state index contributed by atoms with van der Waals surface area (Å²) in [4.78, 5) is 12.2. The van der Waals surface area contributed by atoms with Crippen LogP contribution in [0, 0.1) is 0 Å². The molecule has 1 aliphatic carbocycles. The summed E-state index contributed by atoms with van der Waals surface area (Å²) in [6.45, 7) is 2.54. The molecule has 0 bridgehead atoms. The van der Waals surface area contributed by atoms with E-state index in [1.165, 1.54) is 25.7 Å². The Hall–Kier alpha value is -0.960. The predicted molar refractivity (Wildman–Crippen MR) is 76.7 cm³/mol. The van der Waals surface area contributed by atoms with Crippen molar-refractivity contribution in [3.05, 3.63) is 29.8 Å². The maximum atomic E-state index is 12.2. The minimum atomic E-state index is 0.191. The molecule has 1 saturated carbocycles. The highest BCUT2D eigenvalue weighted by molar-refractivity contribution is 8.00. The predicted octanol–water partition coefficient (Wildman–Crippen LogP) is 3.94. The van der Waals surface area contributed by atoms with Crippen molar-refractivity contribution in [3.8, 4) is 5.75 Å². The molecule has 18 heavy (non-hydrogen) atoms. The highest BCUT2D eigenvalue weighted by atomic mass is 32.2. The van der Waals surface area contributed by atoms with Crippen LogP contribution in [0.25, 0.3) is 0 Å². The van der Waals surface area contributed by atoms with Gasteiger partial charge in [-0.05, 0) is 31.9 Å². The van der Waals surface area contributed by atoms with Crippen LogP contribution in [0.3, 0.4) is 0 Å². The molecule has 0 radical (unpaired) electrons. The van der Waals surface area contributed by atoms with Crippen molar-refractivity contribution in [1.29, 1.82) is 0 Å². The normalized spacial score (nSPS) is 15.8. The van der Waals surface area contributed by atoms with Crippen molar-refractivity contribution in [2.75, 3.05) is 12.4 Å². The molecular formula is C15H20O2S. The van der Waals surface area contributed by atoms with E-state index in [9.17, 15) is 4.79 Å². The van der Waals surface area contributed by atoms with Gasteiger partial charge in [-0.15, -0.1) is 0 Å². The van der Waals surface area contributed by atoms with Crippen LogP contribution in [-0.2, 0) is 0 Å². The van der Waals surface area contributed by atoms with Gasteiger partial charge in [0.25, 0.3) is 0 Å². The van der Waals surface area contributed by atoms with E-state index in [4.69, 9.17) is 4.74 Å². The molecule has 0 atom stereocenters. The number of carbonyl (C=O) groups is 1. The molecule has 1 aliphatic rings. The Morgan fingerprint density at radius 3 is 2.78 bits per heavy atom. The number of rotatable bonds is 6. The second-order valence-electron chi connectivity index (χ2n) is 4.57. The first kappa shape index (κ1) is 13.5. The van der Waals surface area contributed by atoms with E-state index in [-0.39, 0.29) is 5.78 Å². The number of benzene rings is 1. The lowest BCUT2D eigenvalue weighted by molar-refractivity contribution is 0.101. The zero-order valence-electron chi connectivity index (χ0n) is 10.9. The van der Waals surface area contributed by atoms with E-state index in [0.29, 0.717) is 17.6 Å². The lowest BCUT2D eigenvalue weighted by Gasteiger charge is -2.11. The highest BCUT2D eigenvalue weighted by Crippen LogP contribution is 2.30. The molecule has 0 saturated heterocycles. The Bertz CT molecular complexity index is 397. The number of thioether (sulfide) groups is 1. The quantitative estimate of drug-likeness (QED) is 0.728. The molecule has 0 aromatic heterocycles. The fraction of sp³-hybridized carbons (Fsp3) is 0.533. The second-order valence-corrected chi connectivity index (χ2v) is 5.86. The fourth-order valence-corrected chi connectivity index (χ4v) is 3.51. The van der Waals surface area contributed by atoms with Gasteiger partial charge in [-0.1, -0.05) is 25.0 Å². The van der Waals surface area contributed by atoms with Gasteiger partial charge in [0.15, 0.2) is 5.78 Å². The number of hydrogen-bond acceptors (Lipinski definition) is 3. The number of ketones is 1.